The Morgan fingerprint density at radius 2 is 1.89 bits per heavy atom. The minimum Gasteiger partial charge on any atom is -0.395 e. The monoisotopic (exact) mass is 541 g/mol. The molecule has 5 rings (SSSR count). The molecule has 0 unspecified atom stereocenters. The second-order valence-electron chi connectivity index (χ2n) is 9.81. The Kier molecular flexibility index (Phi) is 7.11. The topological polar surface area (TPSA) is 56.9 Å². The molecule has 2 aliphatic heterocycles. The first-order chi connectivity index (χ1) is 17.2. The van der Waals surface area contributed by atoms with Gasteiger partial charge in [0.1, 0.15) is 5.69 Å². The molecule has 6 nitrogen and oxygen atoms in total. The summed E-state index contributed by atoms with van der Waals surface area (Å²) in [4.78, 5) is 9.04. The first-order valence-electron chi connectivity index (χ1n) is 12.1. The number of halogens is 5. The van der Waals surface area contributed by atoms with Crippen molar-refractivity contribution in [1.29, 1.82) is 0 Å². The molecule has 2 aromatic heterocycles. The summed E-state index contributed by atoms with van der Waals surface area (Å²) in [6.07, 6.45) is -0.890. The van der Waals surface area contributed by atoms with E-state index in [-0.39, 0.29) is 12.3 Å². The highest BCUT2D eigenvalue weighted by Crippen LogP contribution is 2.39. The number of piperidine rings is 1. The molecule has 4 heterocycles. The summed E-state index contributed by atoms with van der Waals surface area (Å²) in [5.41, 5.74) is 0.387. The van der Waals surface area contributed by atoms with Crippen LogP contribution in [0.5, 0.6) is 0 Å². The number of hydrogen-bond donors (Lipinski definition) is 1. The number of alkyl halides is 3. The highest BCUT2D eigenvalue weighted by molar-refractivity contribution is 6.35. The van der Waals surface area contributed by atoms with E-state index in [9.17, 15) is 18.3 Å². The third kappa shape index (κ3) is 4.90. The maximum absolute atomic E-state index is 13.8. The van der Waals surface area contributed by atoms with Gasteiger partial charge in [0, 0.05) is 47.7 Å². The fourth-order valence-corrected chi connectivity index (χ4v) is 6.07. The van der Waals surface area contributed by atoms with Gasteiger partial charge in [0.2, 0.25) is 0 Å². The van der Waals surface area contributed by atoms with Crippen molar-refractivity contribution in [3.63, 3.8) is 0 Å². The molecule has 0 aliphatic carbocycles. The SMILES string of the molecule is C[C@H](c1ccc(Cl)cc1Cl)c1cc(C(F)(F)F)n2ncc(N3CC([C@H]4CCCN(CCO)C4)C3)nc12. The number of rotatable bonds is 6. The molecular weight excluding hydrogens is 514 g/mol. The number of benzene rings is 1. The summed E-state index contributed by atoms with van der Waals surface area (Å²) < 4.78 is 42.4. The molecule has 36 heavy (non-hydrogen) atoms. The third-order valence-corrected chi connectivity index (χ3v) is 8.10. The lowest BCUT2D eigenvalue weighted by Crippen LogP contribution is -2.54. The average Bonchev–Trinajstić information content (AvgIpc) is 3.18. The third-order valence-electron chi connectivity index (χ3n) is 7.53. The molecule has 3 aromatic rings. The van der Waals surface area contributed by atoms with Gasteiger partial charge < -0.3 is 14.9 Å². The number of nitrogens with zero attached hydrogens (tertiary/aromatic N) is 5. The van der Waals surface area contributed by atoms with Crippen molar-refractivity contribution in [3.05, 3.63) is 57.3 Å². The molecule has 11 heteroatoms. The van der Waals surface area contributed by atoms with Gasteiger partial charge in [-0.25, -0.2) is 9.50 Å². The number of aliphatic hydroxyl groups excluding tert-OH is 1. The number of aromatic nitrogens is 3. The first kappa shape index (κ1) is 25.6. The number of β-amino-alcohol motifs (C(OH)–C–C–N with tert-alkyl or cyclic N) is 1. The van der Waals surface area contributed by atoms with Crippen LogP contribution in [0.3, 0.4) is 0 Å². The van der Waals surface area contributed by atoms with E-state index < -0.39 is 17.8 Å². The van der Waals surface area contributed by atoms with Crippen molar-refractivity contribution in [2.24, 2.45) is 11.8 Å². The number of aliphatic hydroxyl groups is 1. The van der Waals surface area contributed by atoms with E-state index in [1.54, 1.807) is 25.1 Å². The Hall–Kier alpha value is -2.07. The second kappa shape index (κ2) is 10.0. The second-order valence-corrected chi connectivity index (χ2v) is 10.7. The summed E-state index contributed by atoms with van der Waals surface area (Å²) in [7, 11) is 0. The quantitative estimate of drug-likeness (QED) is 0.456. The molecule has 0 saturated carbocycles. The van der Waals surface area contributed by atoms with Crippen LogP contribution in [0.25, 0.3) is 5.65 Å². The van der Waals surface area contributed by atoms with Gasteiger partial charge in [0.25, 0.3) is 0 Å². The zero-order valence-electron chi connectivity index (χ0n) is 19.8. The Labute approximate surface area is 217 Å². The molecule has 1 N–H and O–H groups in total. The smallest absolute Gasteiger partial charge is 0.395 e. The van der Waals surface area contributed by atoms with E-state index in [1.165, 1.54) is 6.20 Å². The van der Waals surface area contributed by atoms with Gasteiger partial charge in [-0.3, -0.25) is 0 Å². The number of hydrogen-bond acceptors (Lipinski definition) is 5. The zero-order chi connectivity index (χ0) is 25.6. The molecule has 2 atom stereocenters. The average molecular weight is 542 g/mol. The lowest BCUT2D eigenvalue weighted by atomic mass is 9.80. The molecule has 0 radical (unpaired) electrons. The largest absolute Gasteiger partial charge is 0.433 e. The zero-order valence-corrected chi connectivity index (χ0v) is 21.4. The fraction of sp³-hybridized carbons (Fsp3) is 0.520. The highest BCUT2D eigenvalue weighted by atomic mass is 35.5. The van der Waals surface area contributed by atoms with Gasteiger partial charge >= 0.3 is 6.18 Å². The molecular formula is C25H28Cl2F3N5O. The summed E-state index contributed by atoms with van der Waals surface area (Å²) in [6.45, 7) is 6.25. The van der Waals surface area contributed by atoms with Gasteiger partial charge in [0.05, 0.1) is 12.8 Å². The number of anilines is 1. The van der Waals surface area contributed by atoms with E-state index in [1.807, 2.05) is 0 Å². The summed E-state index contributed by atoms with van der Waals surface area (Å²) in [6, 6.07) is 6.10. The summed E-state index contributed by atoms with van der Waals surface area (Å²) in [5.74, 6) is 1.16. The normalized spacial score (nSPS) is 20.6. The first-order valence-corrected chi connectivity index (χ1v) is 12.9. The van der Waals surface area contributed by atoms with Gasteiger partial charge in [0.15, 0.2) is 11.5 Å². The van der Waals surface area contributed by atoms with Crippen molar-refractivity contribution in [1.82, 2.24) is 19.5 Å². The molecule has 0 bridgehead atoms. The van der Waals surface area contributed by atoms with Gasteiger partial charge in [-0.2, -0.15) is 18.3 Å². The molecule has 194 valence electrons. The predicted molar refractivity (Wildman–Crippen MR) is 134 cm³/mol. The Morgan fingerprint density at radius 3 is 2.58 bits per heavy atom. The number of fused-ring (bicyclic) bond motifs is 1. The molecule has 2 aliphatic rings. The van der Waals surface area contributed by atoms with Crippen LogP contribution in [-0.2, 0) is 6.18 Å². The molecule has 0 amide bonds. The molecule has 2 fully saturated rings. The van der Waals surface area contributed by atoms with Crippen molar-refractivity contribution < 1.29 is 18.3 Å². The van der Waals surface area contributed by atoms with Crippen molar-refractivity contribution in [2.45, 2.75) is 31.9 Å². The summed E-state index contributed by atoms with van der Waals surface area (Å²) >= 11 is 12.4. The number of likely N-dealkylation sites (tertiary alicyclic amines) is 1. The molecule has 1 aromatic carbocycles. The Morgan fingerprint density at radius 1 is 1.11 bits per heavy atom. The van der Waals surface area contributed by atoms with Crippen molar-refractivity contribution >= 4 is 34.7 Å². The van der Waals surface area contributed by atoms with Crippen LogP contribution in [0.4, 0.5) is 19.0 Å². The van der Waals surface area contributed by atoms with Crippen molar-refractivity contribution in [3.8, 4) is 0 Å². The van der Waals surface area contributed by atoms with Crippen molar-refractivity contribution in [2.75, 3.05) is 44.2 Å². The Bertz CT molecular complexity index is 1240. The Balaban J connectivity index is 1.42. The van der Waals surface area contributed by atoms with Gasteiger partial charge in [-0.1, -0.05) is 36.2 Å². The highest BCUT2D eigenvalue weighted by Gasteiger charge is 2.39. The maximum atomic E-state index is 13.8. The van der Waals surface area contributed by atoms with Gasteiger partial charge in [-0.05, 0) is 55.0 Å². The van der Waals surface area contributed by atoms with E-state index in [4.69, 9.17) is 23.2 Å². The van der Waals surface area contributed by atoms with Gasteiger partial charge in [-0.15, -0.1) is 0 Å². The van der Waals surface area contributed by atoms with E-state index in [2.05, 4.69) is 19.9 Å². The van der Waals surface area contributed by atoms with E-state index >= 15 is 0 Å². The molecule has 0 spiro atoms. The minimum atomic E-state index is -4.58. The van der Waals surface area contributed by atoms with Crippen LogP contribution in [0, 0.1) is 11.8 Å². The van der Waals surface area contributed by atoms with E-state index in [0.717, 1.165) is 49.6 Å². The fourth-order valence-electron chi connectivity index (χ4n) is 5.50. The predicted octanol–water partition coefficient (Wildman–Crippen LogP) is 5.35. The van der Waals surface area contributed by atoms with Crippen LogP contribution < -0.4 is 4.90 Å². The minimum absolute atomic E-state index is 0.165. The lowest BCUT2D eigenvalue weighted by molar-refractivity contribution is -0.142. The van der Waals surface area contributed by atoms with E-state index in [0.29, 0.717) is 45.4 Å². The maximum Gasteiger partial charge on any atom is 0.433 e. The van der Waals surface area contributed by atoms with Crippen LogP contribution in [0.1, 0.15) is 42.5 Å². The summed E-state index contributed by atoms with van der Waals surface area (Å²) in [5, 5.41) is 14.3. The van der Waals surface area contributed by atoms with Crippen LogP contribution in [0.15, 0.2) is 30.5 Å². The van der Waals surface area contributed by atoms with Crippen LogP contribution in [-0.4, -0.2) is 63.9 Å². The molecule has 2 saturated heterocycles. The van der Waals surface area contributed by atoms with Crippen LogP contribution >= 0.6 is 23.2 Å². The standard InChI is InChI=1S/C25H28Cl2F3N5O/c1-15(19-5-4-18(26)9-21(19)27)20-10-22(25(28,29)30)35-24(20)32-23(11-31-35)34-13-17(14-34)16-3-2-6-33(12-16)7-8-36/h4-5,9-11,15-17,36H,2-3,6-8,12-14H2,1H3/t15-,16+/m1/s1. The van der Waals surface area contributed by atoms with Crippen LogP contribution in [0.2, 0.25) is 10.0 Å². The lowest BCUT2D eigenvalue weighted by Gasteiger charge is -2.47.